The van der Waals surface area contributed by atoms with E-state index in [9.17, 15) is 0 Å². The molecule has 4 aromatic carbocycles. The third kappa shape index (κ3) is 7.26. The standard InChI is InChI=1S/C26H20NO.C15H18GeN.Ir/c1-17(2)19-13-14-27-23(15-19)20-11-12-22-25(16-20)28-24-10-6-9-21(26(22)24)18-7-4-3-5-8-18;1-12-10-15(13-8-6-5-7-9-13)17-11-14(12)16(2,3)4;/h3-15,17H,1-2H3;5-8,10-11H,1-4H3;/q2*-1;. The van der Waals surface area contributed by atoms with Gasteiger partial charge in [-0.3, -0.25) is 0 Å². The quantitative estimate of drug-likeness (QED) is 0.128. The minimum absolute atomic E-state index is 0. The molecule has 233 valence electrons. The monoisotopic (exact) mass is 841 g/mol. The number of pyridine rings is 2. The van der Waals surface area contributed by atoms with Crippen molar-refractivity contribution in [2.45, 2.75) is 44.0 Å². The fourth-order valence-electron chi connectivity index (χ4n) is 5.76. The van der Waals surface area contributed by atoms with E-state index in [-0.39, 0.29) is 20.1 Å². The number of furan rings is 1. The molecule has 7 aromatic rings. The van der Waals surface area contributed by atoms with Crippen LogP contribution >= 0.6 is 0 Å². The average molecular weight is 840 g/mol. The summed E-state index contributed by atoms with van der Waals surface area (Å²) in [6, 6.07) is 41.9. The van der Waals surface area contributed by atoms with Crippen molar-refractivity contribution in [1.82, 2.24) is 9.97 Å². The summed E-state index contributed by atoms with van der Waals surface area (Å²) in [6.45, 7) is 6.58. The number of benzene rings is 4. The van der Waals surface area contributed by atoms with Crippen molar-refractivity contribution in [3.8, 4) is 33.6 Å². The first-order chi connectivity index (χ1) is 21.7. The number of hydrogen-bond donors (Lipinski definition) is 0. The average Bonchev–Trinajstić information content (AvgIpc) is 3.43. The Hall–Kier alpha value is -3.83. The van der Waals surface area contributed by atoms with Gasteiger partial charge in [0.05, 0.1) is 5.58 Å². The van der Waals surface area contributed by atoms with E-state index in [1.807, 2.05) is 42.6 Å². The Bertz CT molecular complexity index is 2080. The van der Waals surface area contributed by atoms with E-state index in [0.717, 1.165) is 44.5 Å². The van der Waals surface area contributed by atoms with Gasteiger partial charge in [0.2, 0.25) is 0 Å². The fraction of sp³-hybridized carbons (Fsp3) is 0.171. The summed E-state index contributed by atoms with van der Waals surface area (Å²) in [4.78, 5) is 9.14. The van der Waals surface area contributed by atoms with Crippen LogP contribution in [0.1, 0.15) is 30.9 Å². The van der Waals surface area contributed by atoms with Gasteiger partial charge < -0.3 is 9.40 Å². The Kier molecular flexibility index (Phi) is 10.4. The molecule has 0 amide bonds. The van der Waals surface area contributed by atoms with Crippen LogP contribution in [-0.4, -0.2) is 23.2 Å². The number of hydrogen-bond acceptors (Lipinski definition) is 3. The molecule has 0 bridgehead atoms. The van der Waals surface area contributed by atoms with Crippen LogP contribution in [0.15, 0.2) is 120 Å². The molecular weight excluding hydrogens is 801 g/mol. The van der Waals surface area contributed by atoms with Gasteiger partial charge in [0, 0.05) is 26.3 Å². The van der Waals surface area contributed by atoms with Crippen LogP contribution in [0.3, 0.4) is 0 Å². The number of fused-ring (bicyclic) bond motifs is 3. The predicted molar refractivity (Wildman–Crippen MR) is 192 cm³/mol. The first-order valence-corrected chi connectivity index (χ1v) is 22.9. The van der Waals surface area contributed by atoms with Gasteiger partial charge in [-0.05, 0) is 40.3 Å². The molecule has 3 nitrogen and oxygen atoms in total. The predicted octanol–water partition coefficient (Wildman–Crippen LogP) is 10.6. The zero-order valence-electron chi connectivity index (χ0n) is 27.2. The number of aromatic nitrogens is 2. The van der Waals surface area contributed by atoms with Gasteiger partial charge in [-0.2, -0.15) is 0 Å². The van der Waals surface area contributed by atoms with E-state index >= 15 is 0 Å². The van der Waals surface area contributed by atoms with Crippen molar-refractivity contribution >= 4 is 39.6 Å². The Morgan fingerprint density at radius 2 is 1.52 bits per heavy atom. The van der Waals surface area contributed by atoms with Crippen LogP contribution in [0.4, 0.5) is 0 Å². The van der Waals surface area contributed by atoms with Crippen molar-refractivity contribution in [2.75, 3.05) is 0 Å². The first-order valence-electron chi connectivity index (χ1n) is 15.5. The van der Waals surface area contributed by atoms with Crippen molar-refractivity contribution in [3.63, 3.8) is 0 Å². The van der Waals surface area contributed by atoms with Crippen LogP contribution in [0.2, 0.25) is 17.3 Å². The summed E-state index contributed by atoms with van der Waals surface area (Å²) in [5, 5.41) is 2.22. The second kappa shape index (κ2) is 14.3. The van der Waals surface area contributed by atoms with Crippen molar-refractivity contribution in [3.05, 3.63) is 139 Å². The fourth-order valence-corrected chi connectivity index (χ4v) is 9.34. The van der Waals surface area contributed by atoms with Gasteiger partial charge in [0.15, 0.2) is 0 Å². The van der Waals surface area contributed by atoms with Gasteiger partial charge in [-0.1, -0.05) is 79.4 Å². The largest absolute Gasteiger partial charge is 0 e. The molecule has 3 aromatic heterocycles. The van der Waals surface area contributed by atoms with Crippen LogP contribution in [0.5, 0.6) is 0 Å². The summed E-state index contributed by atoms with van der Waals surface area (Å²) in [7, 11) is 0. The topological polar surface area (TPSA) is 38.9 Å². The van der Waals surface area contributed by atoms with Gasteiger partial charge in [-0.25, -0.2) is 0 Å². The molecule has 0 saturated carbocycles. The summed E-state index contributed by atoms with van der Waals surface area (Å²) in [5.41, 5.74) is 10.6. The van der Waals surface area contributed by atoms with Gasteiger partial charge in [-0.15, -0.1) is 17.7 Å². The van der Waals surface area contributed by atoms with Crippen molar-refractivity contribution in [2.24, 2.45) is 0 Å². The maximum absolute atomic E-state index is 6.17. The molecule has 0 N–H and O–H groups in total. The first kappa shape index (κ1) is 33.5. The van der Waals surface area contributed by atoms with Gasteiger partial charge in [0.25, 0.3) is 0 Å². The molecule has 0 aliphatic carbocycles. The molecular formula is C41H38GeIrN2O-2. The van der Waals surface area contributed by atoms with Crippen LogP contribution in [-0.2, 0) is 20.1 Å². The molecule has 0 atom stereocenters. The second-order valence-electron chi connectivity index (χ2n) is 12.8. The number of nitrogens with zero attached hydrogens (tertiary/aromatic N) is 2. The van der Waals surface area contributed by atoms with E-state index in [0.29, 0.717) is 5.92 Å². The molecule has 0 saturated heterocycles. The van der Waals surface area contributed by atoms with Gasteiger partial charge in [0.1, 0.15) is 5.58 Å². The maximum Gasteiger partial charge on any atom is 0 e. The summed E-state index contributed by atoms with van der Waals surface area (Å²) < 4.78 is 7.66. The summed E-state index contributed by atoms with van der Waals surface area (Å²) in [5.74, 6) is 7.67. The SMILES string of the molecule is CC(C)c1ccnc(-c2[c-]c3oc4cccc(-c5ccccc5)c4c3cc2)c1.Cc1cc(-c2[c-]cccc2)nc[c]1[Ge]([CH3])([CH3])[CH3].[Ir]. The third-order valence-electron chi connectivity index (χ3n) is 8.13. The van der Waals surface area contributed by atoms with Crippen molar-refractivity contribution < 1.29 is 24.5 Å². The maximum atomic E-state index is 6.17. The molecule has 46 heavy (non-hydrogen) atoms. The molecule has 5 heteroatoms. The molecule has 0 aliphatic rings. The Balaban J connectivity index is 0.000000200. The molecule has 7 rings (SSSR count). The molecule has 3 heterocycles. The zero-order valence-corrected chi connectivity index (χ0v) is 31.7. The second-order valence-corrected chi connectivity index (χ2v) is 23.4. The number of rotatable bonds is 5. The minimum atomic E-state index is -1.77. The van der Waals surface area contributed by atoms with Crippen molar-refractivity contribution in [1.29, 1.82) is 0 Å². The van der Waals surface area contributed by atoms with E-state index in [2.05, 4.69) is 133 Å². The molecule has 0 spiro atoms. The smallest absolute Gasteiger partial charge is 0 e. The van der Waals surface area contributed by atoms with Crippen LogP contribution in [0, 0.1) is 19.1 Å². The summed E-state index contributed by atoms with van der Waals surface area (Å²) in [6.07, 6.45) is 3.94. The molecule has 0 fully saturated rings. The molecule has 0 unspecified atom stereocenters. The Labute approximate surface area is 288 Å². The van der Waals surface area contributed by atoms with E-state index in [4.69, 9.17) is 4.42 Å². The zero-order chi connectivity index (χ0) is 31.6. The third-order valence-corrected chi connectivity index (χ3v) is 12.6. The van der Waals surface area contributed by atoms with Gasteiger partial charge >= 0.3 is 106 Å². The van der Waals surface area contributed by atoms with Crippen LogP contribution in [0.25, 0.3) is 55.6 Å². The van der Waals surface area contributed by atoms with Crippen LogP contribution < -0.4 is 4.40 Å². The van der Waals surface area contributed by atoms with E-state index < -0.39 is 13.3 Å². The Morgan fingerprint density at radius 3 is 2.22 bits per heavy atom. The minimum Gasteiger partial charge on any atom is 0 e. The molecule has 0 aliphatic heterocycles. The van der Waals surface area contributed by atoms with E-state index in [1.54, 1.807) is 0 Å². The normalized spacial score (nSPS) is 11.3. The summed E-state index contributed by atoms with van der Waals surface area (Å²) >= 11 is -1.77. The number of aryl methyl sites for hydroxylation is 1. The van der Waals surface area contributed by atoms with E-state index in [1.165, 1.54) is 26.6 Å². The Morgan fingerprint density at radius 1 is 0.761 bits per heavy atom. The molecule has 1 radical (unpaired) electrons.